The third-order valence-corrected chi connectivity index (χ3v) is 3.67. The van der Waals surface area contributed by atoms with Gasteiger partial charge in [0.1, 0.15) is 0 Å². The number of benzene rings is 2. The van der Waals surface area contributed by atoms with Crippen LogP contribution in [-0.4, -0.2) is 24.3 Å². The van der Waals surface area contributed by atoms with Crippen molar-refractivity contribution in [2.24, 2.45) is 0 Å². The zero-order valence-corrected chi connectivity index (χ0v) is 11.7. The number of hydrogen-bond acceptors (Lipinski definition) is 2. The fraction of sp³-hybridized carbons (Fsp3) is 0.235. The van der Waals surface area contributed by atoms with E-state index in [1.807, 2.05) is 12.1 Å². The minimum Gasteiger partial charge on any atom is -0.396 e. The van der Waals surface area contributed by atoms with Gasteiger partial charge < -0.3 is 15.7 Å². The van der Waals surface area contributed by atoms with Gasteiger partial charge in [-0.05, 0) is 47.2 Å². The zero-order chi connectivity index (χ0) is 14.7. The van der Waals surface area contributed by atoms with Crippen molar-refractivity contribution in [3.63, 3.8) is 0 Å². The van der Waals surface area contributed by atoms with Crippen LogP contribution in [0.5, 0.6) is 0 Å². The predicted molar refractivity (Wildman–Crippen MR) is 83.4 cm³/mol. The molecule has 108 valence electrons. The van der Waals surface area contributed by atoms with E-state index in [1.54, 1.807) is 0 Å². The number of aliphatic hydroxyl groups is 1. The molecule has 0 aliphatic heterocycles. The molecule has 2 aromatic carbocycles. The van der Waals surface area contributed by atoms with Gasteiger partial charge in [0.15, 0.2) is 0 Å². The fourth-order valence-corrected chi connectivity index (χ4v) is 2.68. The molecule has 4 heteroatoms. The molecule has 0 atom stereocenters. The van der Waals surface area contributed by atoms with Crippen molar-refractivity contribution in [2.75, 3.05) is 18.5 Å². The number of rotatable bonds is 4. The molecule has 2 amide bonds. The van der Waals surface area contributed by atoms with Crippen molar-refractivity contribution in [3.8, 4) is 11.1 Å². The van der Waals surface area contributed by atoms with Gasteiger partial charge >= 0.3 is 6.03 Å². The number of fused-ring (bicyclic) bond motifs is 3. The Labute approximate surface area is 123 Å². The Kier molecular flexibility index (Phi) is 3.88. The van der Waals surface area contributed by atoms with Crippen LogP contribution in [0.4, 0.5) is 10.5 Å². The summed E-state index contributed by atoms with van der Waals surface area (Å²) < 4.78 is 0. The van der Waals surface area contributed by atoms with E-state index >= 15 is 0 Å². The van der Waals surface area contributed by atoms with E-state index in [9.17, 15) is 4.79 Å². The summed E-state index contributed by atoms with van der Waals surface area (Å²) in [5.41, 5.74) is 5.90. The van der Waals surface area contributed by atoms with Crippen molar-refractivity contribution in [3.05, 3.63) is 53.6 Å². The Morgan fingerprint density at radius 1 is 1.10 bits per heavy atom. The van der Waals surface area contributed by atoms with E-state index in [1.165, 1.54) is 22.3 Å². The van der Waals surface area contributed by atoms with Crippen LogP contribution in [0.2, 0.25) is 0 Å². The molecule has 3 N–H and O–H groups in total. The van der Waals surface area contributed by atoms with Crippen LogP contribution < -0.4 is 10.6 Å². The molecule has 21 heavy (non-hydrogen) atoms. The predicted octanol–water partition coefficient (Wildman–Crippen LogP) is 2.76. The second kappa shape index (κ2) is 5.97. The summed E-state index contributed by atoms with van der Waals surface area (Å²) in [6, 6.07) is 14.2. The van der Waals surface area contributed by atoms with Crippen LogP contribution in [0, 0.1) is 0 Å². The quantitative estimate of drug-likeness (QED) is 0.644. The summed E-state index contributed by atoms with van der Waals surface area (Å²) in [7, 11) is 0. The maximum absolute atomic E-state index is 11.7. The largest absolute Gasteiger partial charge is 0.396 e. The number of urea groups is 1. The van der Waals surface area contributed by atoms with Crippen LogP contribution in [0.3, 0.4) is 0 Å². The molecule has 0 radical (unpaired) electrons. The Hall–Kier alpha value is -2.33. The Morgan fingerprint density at radius 2 is 1.90 bits per heavy atom. The summed E-state index contributed by atoms with van der Waals surface area (Å²) in [5.74, 6) is 0. The summed E-state index contributed by atoms with van der Waals surface area (Å²) in [5, 5.41) is 14.2. The molecule has 0 spiro atoms. The van der Waals surface area contributed by atoms with Crippen LogP contribution in [-0.2, 0) is 6.42 Å². The molecule has 1 aliphatic rings. The Morgan fingerprint density at radius 3 is 2.76 bits per heavy atom. The number of nitrogens with one attached hydrogen (secondary N) is 2. The fourth-order valence-electron chi connectivity index (χ4n) is 2.68. The minimum absolute atomic E-state index is 0.0807. The number of aliphatic hydroxyl groups excluding tert-OH is 1. The molecule has 0 unspecified atom stereocenters. The highest BCUT2D eigenvalue weighted by molar-refractivity contribution is 5.90. The third-order valence-electron chi connectivity index (χ3n) is 3.67. The molecular formula is C17H18N2O2. The first-order valence-electron chi connectivity index (χ1n) is 7.15. The third kappa shape index (κ3) is 2.90. The zero-order valence-electron chi connectivity index (χ0n) is 11.7. The van der Waals surface area contributed by atoms with Gasteiger partial charge in [-0.25, -0.2) is 4.79 Å². The summed E-state index contributed by atoms with van der Waals surface area (Å²) in [6.07, 6.45) is 1.47. The number of anilines is 1. The molecule has 0 aromatic heterocycles. The standard InChI is InChI=1S/C17H18N2O2/c20-9-3-8-18-17(21)19-14-6-7-16-13(11-14)10-12-4-1-2-5-15(12)16/h1-2,4-7,11,20H,3,8-10H2,(H2,18,19,21). The van der Waals surface area contributed by atoms with E-state index in [4.69, 9.17) is 5.11 Å². The van der Waals surface area contributed by atoms with Gasteiger partial charge in [0, 0.05) is 18.8 Å². The Bertz CT molecular complexity index is 668. The van der Waals surface area contributed by atoms with Crippen molar-refractivity contribution in [1.82, 2.24) is 5.32 Å². The highest BCUT2D eigenvalue weighted by Gasteiger charge is 2.18. The molecule has 0 fully saturated rings. The lowest BCUT2D eigenvalue weighted by Gasteiger charge is -2.09. The molecule has 0 saturated carbocycles. The second-order valence-electron chi connectivity index (χ2n) is 5.16. The highest BCUT2D eigenvalue weighted by atomic mass is 16.3. The molecule has 2 aromatic rings. The average Bonchev–Trinajstić information content (AvgIpc) is 2.85. The summed E-state index contributed by atoms with van der Waals surface area (Å²) >= 11 is 0. The minimum atomic E-state index is -0.237. The number of carbonyl (C=O) groups is 1. The van der Waals surface area contributed by atoms with Gasteiger partial charge in [0.2, 0.25) is 0 Å². The SMILES string of the molecule is O=C(NCCCO)Nc1ccc2c(c1)Cc1ccccc1-2. The smallest absolute Gasteiger partial charge is 0.319 e. The van der Waals surface area contributed by atoms with E-state index < -0.39 is 0 Å². The van der Waals surface area contributed by atoms with Gasteiger partial charge in [-0.15, -0.1) is 0 Å². The van der Waals surface area contributed by atoms with E-state index in [-0.39, 0.29) is 12.6 Å². The van der Waals surface area contributed by atoms with E-state index in [2.05, 4.69) is 41.0 Å². The highest BCUT2D eigenvalue weighted by Crippen LogP contribution is 2.37. The topological polar surface area (TPSA) is 61.4 Å². The lowest BCUT2D eigenvalue weighted by Crippen LogP contribution is -2.29. The van der Waals surface area contributed by atoms with Crippen molar-refractivity contribution < 1.29 is 9.90 Å². The second-order valence-corrected chi connectivity index (χ2v) is 5.16. The number of carbonyl (C=O) groups excluding carboxylic acids is 1. The lowest BCUT2D eigenvalue weighted by molar-refractivity contribution is 0.249. The monoisotopic (exact) mass is 282 g/mol. The van der Waals surface area contributed by atoms with Gasteiger partial charge in [0.25, 0.3) is 0 Å². The van der Waals surface area contributed by atoms with Crippen LogP contribution >= 0.6 is 0 Å². The van der Waals surface area contributed by atoms with Crippen molar-refractivity contribution in [2.45, 2.75) is 12.8 Å². The van der Waals surface area contributed by atoms with Crippen molar-refractivity contribution >= 4 is 11.7 Å². The van der Waals surface area contributed by atoms with E-state index in [0.29, 0.717) is 13.0 Å². The summed E-state index contributed by atoms with van der Waals surface area (Å²) in [4.78, 5) is 11.7. The average molecular weight is 282 g/mol. The molecule has 4 nitrogen and oxygen atoms in total. The van der Waals surface area contributed by atoms with Crippen molar-refractivity contribution in [1.29, 1.82) is 0 Å². The normalized spacial score (nSPS) is 11.7. The first kappa shape index (κ1) is 13.6. The molecule has 0 heterocycles. The number of amides is 2. The molecule has 1 aliphatic carbocycles. The maximum atomic E-state index is 11.7. The molecular weight excluding hydrogens is 264 g/mol. The maximum Gasteiger partial charge on any atom is 0.319 e. The molecule has 0 bridgehead atoms. The molecule has 3 rings (SSSR count). The number of hydrogen-bond donors (Lipinski definition) is 3. The Balaban J connectivity index is 1.71. The summed E-state index contributed by atoms with van der Waals surface area (Å²) in [6.45, 7) is 0.552. The molecule has 0 saturated heterocycles. The van der Waals surface area contributed by atoms with Gasteiger partial charge in [-0.1, -0.05) is 30.3 Å². The van der Waals surface area contributed by atoms with E-state index in [0.717, 1.165) is 12.1 Å². The van der Waals surface area contributed by atoms with Gasteiger partial charge in [-0.3, -0.25) is 0 Å². The van der Waals surface area contributed by atoms with Crippen LogP contribution in [0.15, 0.2) is 42.5 Å². The first-order chi connectivity index (χ1) is 10.3. The van der Waals surface area contributed by atoms with Crippen LogP contribution in [0.25, 0.3) is 11.1 Å². The van der Waals surface area contributed by atoms with Gasteiger partial charge in [-0.2, -0.15) is 0 Å². The lowest BCUT2D eigenvalue weighted by atomic mass is 10.1. The first-order valence-corrected chi connectivity index (χ1v) is 7.15. The van der Waals surface area contributed by atoms with Gasteiger partial charge in [0.05, 0.1) is 0 Å². The van der Waals surface area contributed by atoms with Crippen LogP contribution in [0.1, 0.15) is 17.5 Å².